The molecular weight excluding hydrogens is 451 g/mol. The van der Waals surface area contributed by atoms with Gasteiger partial charge in [-0.2, -0.15) is 4.37 Å². The van der Waals surface area contributed by atoms with Crippen LogP contribution in [0.3, 0.4) is 0 Å². The Kier molecular flexibility index (Phi) is 5.37. The molecule has 0 atom stereocenters. The average molecular weight is 466 g/mol. The fourth-order valence-electron chi connectivity index (χ4n) is 2.94. The van der Waals surface area contributed by atoms with Crippen LogP contribution in [0.2, 0.25) is 0 Å². The molecule has 4 rings (SSSR count). The van der Waals surface area contributed by atoms with Crippen molar-refractivity contribution in [3.05, 3.63) is 58.6 Å². The Morgan fingerprint density at radius 1 is 1.23 bits per heavy atom. The number of sulfonamides is 1. The highest BCUT2D eigenvalue weighted by molar-refractivity contribution is 7.93. The Hall–Kier alpha value is -3.45. The number of aromatic amines is 1. The summed E-state index contributed by atoms with van der Waals surface area (Å²) in [4.78, 5) is 17.0. The molecule has 13 heteroatoms. The summed E-state index contributed by atoms with van der Waals surface area (Å²) in [6.45, 7) is -0.223. The molecule has 1 N–H and O–H groups in total. The van der Waals surface area contributed by atoms with E-state index in [4.69, 9.17) is 13.9 Å². The first-order valence-electron chi connectivity index (χ1n) is 8.66. The fourth-order valence-corrected chi connectivity index (χ4v) is 5.13. The van der Waals surface area contributed by atoms with Crippen LogP contribution in [0.4, 0.5) is 9.52 Å². The second kappa shape index (κ2) is 8.00. The van der Waals surface area contributed by atoms with Gasteiger partial charge in [-0.15, -0.1) is 0 Å². The lowest BCUT2D eigenvalue weighted by Gasteiger charge is -2.22. The molecule has 2 heterocycles. The quantitative estimate of drug-likeness (QED) is 0.440. The van der Waals surface area contributed by atoms with Crippen molar-refractivity contribution in [2.45, 2.75) is 11.4 Å². The van der Waals surface area contributed by atoms with Crippen molar-refractivity contribution in [2.24, 2.45) is 0 Å². The van der Waals surface area contributed by atoms with Crippen molar-refractivity contribution >= 4 is 37.8 Å². The molecule has 0 saturated carbocycles. The van der Waals surface area contributed by atoms with E-state index in [0.717, 1.165) is 28.0 Å². The van der Waals surface area contributed by atoms with E-state index < -0.39 is 26.5 Å². The topological polar surface area (TPSA) is 128 Å². The summed E-state index contributed by atoms with van der Waals surface area (Å²) in [5, 5.41) is 0.0212. The number of hydrogen-bond acceptors (Lipinski definition) is 9. The molecule has 0 aliphatic heterocycles. The van der Waals surface area contributed by atoms with Gasteiger partial charge in [0.1, 0.15) is 28.5 Å². The molecular formula is C18H15FN4O6S2. The molecule has 0 aliphatic carbocycles. The van der Waals surface area contributed by atoms with Crippen molar-refractivity contribution in [1.29, 1.82) is 0 Å². The third-order valence-corrected chi connectivity index (χ3v) is 6.97. The molecule has 0 unspecified atom stereocenters. The maximum atomic E-state index is 14.8. The number of anilines is 1. The van der Waals surface area contributed by atoms with Gasteiger partial charge in [-0.3, -0.25) is 4.98 Å². The minimum absolute atomic E-state index is 0.0212. The van der Waals surface area contributed by atoms with Gasteiger partial charge in [0, 0.05) is 35.3 Å². The van der Waals surface area contributed by atoms with E-state index in [2.05, 4.69) is 14.3 Å². The second-order valence-corrected chi connectivity index (χ2v) is 8.80. The molecule has 0 radical (unpaired) electrons. The maximum Gasteiger partial charge on any atom is 0.417 e. The Morgan fingerprint density at radius 2 is 2.03 bits per heavy atom. The minimum atomic E-state index is -4.47. The van der Waals surface area contributed by atoms with Gasteiger partial charge < -0.3 is 13.9 Å². The Morgan fingerprint density at radius 3 is 2.71 bits per heavy atom. The average Bonchev–Trinajstić information content (AvgIpc) is 3.39. The van der Waals surface area contributed by atoms with Crippen LogP contribution in [0.25, 0.3) is 11.1 Å². The predicted molar refractivity (Wildman–Crippen MR) is 110 cm³/mol. The van der Waals surface area contributed by atoms with E-state index in [1.165, 1.54) is 20.5 Å². The third kappa shape index (κ3) is 3.84. The van der Waals surface area contributed by atoms with Crippen LogP contribution < -0.4 is 19.5 Å². The number of ether oxygens (including phenoxy) is 2. The van der Waals surface area contributed by atoms with Crippen molar-refractivity contribution < 1.29 is 26.7 Å². The SMILES string of the molecule is COc1ccc(CN(c2ncns2)S(=O)(=O)c2cc3oc(=O)[nH]c3cc2F)c(OC)c1. The molecule has 162 valence electrons. The van der Waals surface area contributed by atoms with E-state index >= 15 is 0 Å². The van der Waals surface area contributed by atoms with Gasteiger partial charge in [0.05, 0.1) is 26.3 Å². The first kappa shape index (κ1) is 20.8. The highest BCUT2D eigenvalue weighted by Crippen LogP contribution is 2.33. The third-order valence-electron chi connectivity index (χ3n) is 4.41. The number of nitrogens with one attached hydrogen (secondary N) is 1. The fraction of sp³-hybridized carbons (Fsp3) is 0.167. The normalized spacial score (nSPS) is 11.6. The van der Waals surface area contributed by atoms with E-state index in [-0.39, 0.29) is 22.8 Å². The van der Waals surface area contributed by atoms with Gasteiger partial charge >= 0.3 is 5.76 Å². The maximum absolute atomic E-state index is 14.8. The Balaban J connectivity index is 1.84. The molecule has 0 bridgehead atoms. The zero-order chi connectivity index (χ0) is 22.2. The molecule has 10 nitrogen and oxygen atoms in total. The molecule has 31 heavy (non-hydrogen) atoms. The lowest BCUT2D eigenvalue weighted by molar-refractivity contribution is 0.391. The van der Waals surface area contributed by atoms with Crippen molar-refractivity contribution in [3.8, 4) is 11.5 Å². The lowest BCUT2D eigenvalue weighted by Crippen LogP contribution is -2.31. The van der Waals surface area contributed by atoms with E-state index in [1.54, 1.807) is 18.2 Å². The molecule has 0 fully saturated rings. The summed E-state index contributed by atoms with van der Waals surface area (Å²) in [7, 11) is -1.55. The summed E-state index contributed by atoms with van der Waals surface area (Å²) < 4.78 is 61.8. The molecule has 2 aromatic heterocycles. The van der Waals surface area contributed by atoms with E-state index in [9.17, 15) is 17.6 Å². The second-order valence-electron chi connectivity index (χ2n) is 6.21. The first-order valence-corrected chi connectivity index (χ1v) is 10.9. The molecule has 0 amide bonds. The van der Waals surface area contributed by atoms with Gasteiger partial charge in [-0.1, -0.05) is 0 Å². The van der Waals surface area contributed by atoms with Crippen LogP contribution in [0.5, 0.6) is 11.5 Å². The van der Waals surface area contributed by atoms with Gasteiger partial charge in [-0.25, -0.2) is 26.9 Å². The highest BCUT2D eigenvalue weighted by Gasteiger charge is 2.32. The Bertz CT molecular complexity index is 1400. The number of halogens is 1. The monoisotopic (exact) mass is 466 g/mol. The minimum Gasteiger partial charge on any atom is -0.497 e. The number of H-pyrrole nitrogens is 1. The van der Waals surface area contributed by atoms with Crippen LogP contribution in [-0.4, -0.2) is 37.0 Å². The predicted octanol–water partition coefficient (Wildman–Crippen LogP) is 2.52. The highest BCUT2D eigenvalue weighted by atomic mass is 32.2. The zero-order valence-electron chi connectivity index (χ0n) is 16.2. The summed E-state index contributed by atoms with van der Waals surface area (Å²) in [6, 6.07) is 6.72. The number of rotatable bonds is 7. The standard InChI is InChI=1S/C18H15FN4O6S2/c1-27-11-4-3-10(14(5-11)28-2)8-23(17-20-9-21-30-17)31(25,26)16-7-15-13(6-12(16)19)22-18(24)29-15/h3-7,9H,8H2,1-2H3,(H,22,24). The van der Waals surface area contributed by atoms with Crippen LogP contribution in [0.15, 0.2) is 50.8 Å². The van der Waals surface area contributed by atoms with Crippen LogP contribution in [-0.2, 0) is 16.6 Å². The summed E-state index contributed by atoms with van der Waals surface area (Å²) in [5.41, 5.74) is 0.432. The van der Waals surface area contributed by atoms with Gasteiger partial charge in [0.2, 0.25) is 5.13 Å². The van der Waals surface area contributed by atoms with Gasteiger partial charge in [0.15, 0.2) is 5.58 Å². The van der Waals surface area contributed by atoms with Crippen LogP contribution in [0.1, 0.15) is 5.56 Å². The molecule has 0 spiro atoms. The van der Waals surface area contributed by atoms with Crippen molar-refractivity contribution in [3.63, 3.8) is 0 Å². The number of fused-ring (bicyclic) bond motifs is 1. The number of nitrogens with zero attached hydrogens (tertiary/aromatic N) is 3. The largest absolute Gasteiger partial charge is 0.497 e. The first-order chi connectivity index (χ1) is 14.8. The van der Waals surface area contributed by atoms with Crippen molar-refractivity contribution in [1.82, 2.24) is 14.3 Å². The summed E-state index contributed by atoms with van der Waals surface area (Å²) in [5.74, 6) is -0.991. The van der Waals surface area contributed by atoms with E-state index in [0.29, 0.717) is 17.1 Å². The summed E-state index contributed by atoms with van der Waals surface area (Å²) >= 11 is 0.825. The van der Waals surface area contributed by atoms with Gasteiger partial charge in [-0.05, 0) is 12.1 Å². The molecule has 0 aliphatic rings. The lowest BCUT2D eigenvalue weighted by atomic mass is 10.2. The number of hydrogen-bond donors (Lipinski definition) is 1. The Labute approximate surface area is 179 Å². The smallest absolute Gasteiger partial charge is 0.417 e. The number of methoxy groups -OCH3 is 2. The van der Waals surface area contributed by atoms with Gasteiger partial charge in [0.25, 0.3) is 10.0 Å². The number of benzene rings is 2. The van der Waals surface area contributed by atoms with Crippen LogP contribution in [0, 0.1) is 5.82 Å². The number of oxazole rings is 1. The van der Waals surface area contributed by atoms with Crippen LogP contribution >= 0.6 is 11.5 Å². The van der Waals surface area contributed by atoms with Crippen molar-refractivity contribution in [2.75, 3.05) is 18.5 Å². The molecule has 4 aromatic rings. The summed E-state index contributed by atoms with van der Waals surface area (Å²) in [6.07, 6.45) is 1.19. The molecule has 2 aromatic carbocycles. The molecule has 0 saturated heterocycles. The number of aromatic nitrogens is 3. The van der Waals surface area contributed by atoms with E-state index in [1.807, 2.05) is 0 Å². The zero-order valence-corrected chi connectivity index (χ0v) is 17.8.